The van der Waals surface area contributed by atoms with E-state index in [-0.39, 0.29) is 45.5 Å². The minimum atomic E-state index is -2.37. The molecule has 0 radical (unpaired) electrons. The Morgan fingerprint density at radius 2 is 1.66 bits per heavy atom. The largest absolute Gasteiger partial charge is 0.507 e. The zero-order valence-electron chi connectivity index (χ0n) is 39.1. The first kappa shape index (κ1) is 49.4. The number of rotatable bonds is 9. The van der Waals surface area contributed by atoms with Crippen LogP contribution in [-0.4, -0.2) is 123 Å². The molecule has 372 valence electrons. The normalized spacial score (nSPS) is 27.0. The molecule has 0 saturated carbocycles. The number of ketones is 4. The van der Waals surface area contributed by atoms with Crippen LogP contribution in [0.5, 0.6) is 28.7 Å². The number of nitrogens with zero attached hydrogens (tertiary/aromatic N) is 2. The zero-order valence-corrected chi connectivity index (χ0v) is 39.1. The first-order chi connectivity index (χ1) is 33.5. The number of aliphatic hydroxyl groups excluding tert-OH is 1. The Bertz CT molecular complexity index is 3160. The van der Waals surface area contributed by atoms with E-state index in [0.29, 0.717) is 0 Å². The topological polar surface area (TPSA) is 335 Å². The molecular formula is C48H46N4O19. The second kappa shape index (κ2) is 18.1. The summed E-state index contributed by atoms with van der Waals surface area (Å²) in [4.78, 5) is 115. The average Bonchev–Trinajstić information content (AvgIpc) is 3.33. The van der Waals surface area contributed by atoms with Gasteiger partial charge in [-0.2, -0.15) is 4.91 Å². The molecule has 4 aromatic rings. The van der Waals surface area contributed by atoms with Gasteiger partial charge in [0.15, 0.2) is 51.9 Å². The second-order valence-electron chi connectivity index (χ2n) is 17.9. The number of fused-ring (bicyclic) bond motifs is 2. The number of methoxy groups -OCH3 is 2. The first-order valence-corrected chi connectivity index (χ1v) is 21.9. The van der Waals surface area contributed by atoms with Gasteiger partial charge in [0.25, 0.3) is 5.91 Å². The van der Waals surface area contributed by atoms with E-state index in [2.05, 4.69) is 20.8 Å². The number of carbonyl (C=O) groups excluding carboxylic acids is 6. The lowest BCUT2D eigenvalue weighted by Crippen LogP contribution is -2.59. The number of benzene rings is 2. The number of aryl methyl sites for hydroxylation is 1. The van der Waals surface area contributed by atoms with Crippen molar-refractivity contribution in [2.24, 2.45) is 11.1 Å². The molecule has 3 aliphatic heterocycles. The molecule has 2 aromatic carbocycles. The van der Waals surface area contributed by atoms with Gasteiger partial charge in [0.05, 0.1) is 36.3 Å². The number of nitrogens with one attached hydrogen (secondary N) is 2. The number of nitroso groups, excluding NO2 is 1. The van der Waals surface area contributed by atoms with Gasteiger partial charge in [-0.05, 0) is 64.0 Å². The number of aromatic hydroxyl groups is 3. The van der Waals surface area contributed by atoms with E-state index in [4.69, 9.17) is 32.8 Å². The average molecular weight is 983 g/mol. The SMILES string of the molecule is COc1ccc2c(O)c(NC(=O)c3cc(OC4CC(C)(N=O)C(OC)C(C)O4)c(O)c(C(=O)OC4C(C)/C=C(\C)C(=O)c5c(O)c(C)cc6c5C(=O)C5=C(NCC(C)(O5)C(=O)C4O)C6=O)n3)c(=O)oc2c1. The second-order valence-corrected chi connectivity index (χ2v) is 17.9. The number of phenols is 1. The van der Waals surface area contributed by atoms with Gasteiger partial charge < -0.3 is 63.9 Å². The highest BCUT2D eigenvalue weighted by molar-refractivity contribution is 6.31. The quantitative estimate of drug-likeness (QED) is 0.0788. The summed E-state index contributed by atoms with van der Waals surface area (Å²) >= 11 is 0. The highest BCUT2D eigenvalue weighted by atomic mass is 16.7. The maximum Gasteiger partial charge on any atom is 0.364 e. The fraction of sp³-hybridized carbons (Fsp3) is 0.375. The molecule has 4 aliphatic rings. The van der Waals surface area contributed by atoms with Gasteiger partial charge in [-0.1, -0.05) is 18.2 Å². The van der Waals surface area contributed by atoms with E-state index in [0.717, 1.165) is 6.07 Å². The number of phenolic OH excluding ortho intramolecular Hbond substituents is 1. The molecule has 8 rings (SSSR count). The molecule has 2 aromatic heterocycles. The van der Waals surface area contributed by atoms with Crippen molar-refractivity contribution in [3.63, 3.8) is 0 Å². The number of amides is 1. The van der Waals surface area contributed by atoms with Crippen molar-refractivity contribution in [2.45, 2.75) is 89.8 Å². The highest BCUT2D eigenvalue weighted by Crippen LogP contribution is 2.42. The lowest BCUT2D eigenvalue weighted by molar-refractivity contribution is -0.210. The highest BCUT2D eigenvalue weighted by Gasteiger charge is 2.52. The molecule has 1 saturated heterocycles. The van der Waals surface area contributed by atoms with E-state index >= 15 is 0 Å². The summed E-state index contributed by atoms with van der Waals surface area (Å²) in [6, 6.07) is 6.18. The number of anilines is 1. The van der Waals surface area contributed by atoms with Crippen molar-refractivity contribution in [2.75, 3.05) is 26.1 Å². The molecule has 23 heteroatoms. The van der Waals surface area contributed by atoms with Gasteiger partial charge in [-0.25, -0.2) is 14.6 Å². The summed E-state index contributed by atoms with van der Waals surface area (Å²) in [7, 11) is 2.70. The van der Waals surface area contributed by atoms with Crippen LogP contribution < -0.4 is 25.7 Å². The summed E-state index contributed by atoms with van der Waals surface area (Å²) in [6.45, 7) is 7.72. The maximum atomic E-state index is 14.5. The number of carbonyl (C=O) groups is 6. The Hall–Kier alpha value is -8.02. The number of Topliss-reactive ketones (excluding diaryl/α,β-unsaturated/α-hetero) is 4. The van der Waals surface area contributed by atoms with Crippen molar-refractivity contribution in [3.8, 4) is 28.7 Å². The van der Waals surface area contributed by atoms with Crippen LogP contribution in [0.15, 0.2) is 67.8 Å². The molecule has 71 heavy (non-hydrogen) atoms. The summed E-state index contributed by atoms with van der Waals surface area (Å²) in [5.41, 5.74) is -9.35. The van der Waals surface area contributed by atoms with E-state index in [1.807, 2.05) is 0 Å². The lowest BCUT2D eigenvalue weighted by Gasteiger charge is -2.42. The van der Waals surface area contributed by atoms with Crippen LogP contribution in [0.3, 0.4) is 0 Å². The fourth-order valence-corrected chi connectivity index (χ4v) is 9.19. The minimum absolute atomic E-state index is 0.0251. The molecule has 1 aliphatic carbocycles. The van der Waals surface area contributed by atoms with Crippen LogP contribution in [0.2, 0.25) is 0 Å². The van der Waals surface area contributed by atoms with Crippen molar-refractivity contribution in [3.05, 3.63) is 102 Å². The fourth-order valence-electron chi connectivity index (χ4n) is 9.19. The van der Waals surface area contributed by atoms with Crippen molar-refractivity contribution < 1.29 is 82.0 Å². The minimum Gasteiger partial charge on any atom is -0.507 e. The van der Waals surface area contributed by atoms with Gasteiger partial charge in [0, 0.05) is 37.1 Å². The number of aliphatic hydroxyl groups is 1. The lowest BCUT2D eigenvalue weighted by atomic mass is 9.82. The predicted octanol–water partition coefficient (Wildman–Crippen LogP) is 3.83. The summed E-state index contributed by atoms with van der Waals surface area (Å²) in [6.07, 6.45) is -6.64. The van der Waals surface area contributed by atoms with Crippen LogP contribution in [0.1, 0.15) is 98.7 Å². The molecular weight excluding hydrogens is 937 g/mol. The van der Waals surface area contributed by atoms with E-state index in [1.54, 1.807) is 6.92 Å². The van der Waals surface area contributed by atoms with Crippen molar-refractivity contribution in [1.29, 1.82) is 0 Å². The molecule has 0 spiro atoms. The van der Waals surface area contributed by atoms with E-state index in [9.17, 15) is 58.9 Å². The number of hydrogen-bond donors (Lipinski definition) is 6. The van der Waals surface area contributed by atoms with Crippen molar-refractivity contribution in [1.82, 2.24) is 10.3 Å². The number of ether oxygens (including phenoxy) is 6. The molecule has 8 unspecified atom stereocenters. The zero-order chi connectivity index (χ0) is 51.8. The summed E-state index contributed by atoms with van der Waals surface area (Å²) in [5.74, 6) is -11.8. The van der Waals surface area contributed by atoms with Crippen LogP contribution >= 0.6 is 0 Å². The molecule has 8 atom stereocenters. The Morgan fingerprint density at radius 3 is 2.34 bits per heavy atom. The third-order valence-corrected chi connectivity index (χ3v) is 12.9. The van der Waals surface area contributed by atoms with Gasteiger partial charge in [0.2, 0.25) is 23.6 Å². The number of hydrogen-bond acceptors (Lipinski definition) is 22. The number of pyridine rings is 1. The molecule has 6 N–H and O–H groups in total. The third-order valence-electron chi connectivity index (χ3n) is 12.9. The Labute approximate surface area is 401 Å². The van der Waals surface area contributed by atoms with Crippen LogP contribution in [0.4, 0.5) is 5.69 Å². The van der Waals surface area contributed by atoms with Gasteiger partial charge in [-0.3, -0.25) is 24.0 Å². The molecule has 1 fully saturated rings. The molecule has 5 heterocycles. The molecule has 23 nitrogen and oxygen atoms in total. The smallest absolute Gasteiger partial charge is 0.364 e. The molecule has 3 bridgehead atoms. The van der Waals surface area contributed by atoms with Gasteiger partial charge in [0.1, 0.15) is 46.2 Å². The van der Waals surface area contributed by atoms with Crippen LogP contribution in [0.25, 0.3) is 11.0 Å². The van der Waals surface area contributed by atoms with Crippen LogP contribution in [-0.2, 0) is 23.7 Å². The predicted molar refractivity (Wildman–Crippen MR) is 243 cm³/mol. The van der Waals surface area contributed by atoms with Gasteiger partial charge in [-0.15, -0.1) is 0 Å². The monoisotopic (exact) mass is 982 g/mol. The van der Waals surface area contributed by atoms with Crippen LogP contribution in [0, 0.1) is 17.7 Å². The molecule has 1 amide bonds. The number of aromatic nitrogens is 1. The van der Waals surface area contributed by atoms with E-state index in [1.165, 1.54) is 79.2 Å². The summed E-state index contributed by atoms with van der Waals surface area (Å²) in [5, 5.41) is 54.1. The maximum absolute atomic E-state index is 14.5. The number of esters is 1. The number of allylic oxidation sites excluding steroid dienone is 3. The van der Waals surface area contributed by atoms with Crippen molar-refractivity contribution >= 4 is 51.7 Å². The van der Waals surface area contributed by atoms with E-state index < -0.39 is 152 Å². The Balaban J connectivity index is 1.21. The summed E-state index contributed by atoms with van der Waals surface area (Å²) < 4.78 is 39.5. The first-order valence-electron chi connectivity index (χ1n) is 21.9. The Kier molecular flexibility index (Phi) is 12.6. The third kappa shape index (κ3) is 8.29. The standard InChI is InChI=1S/C48H46N4O19/c1-17-11-19(3)40(39(59)42(60)48(6)16-49-30-36(56)23-12-18(2)34(54)29(33(17)53)28(23)38(58)41(30)71-48)70-46(63)32-37(57)26(68-27-15-47(5,52-64)43(66-8)20(4)67-27)14-24(50-32)44(61)51-31-35(55)22-10-9-21(65-7)13-25(22)69-45(31)62/h9-14,19-20,27,39-40,43,49,54-55,57,59H,15-16H2,1-8H3,(H,51,61)/b17-11+. The van der Waals surface area contributed by atoms with Gasteiger partial charge >= 0.3 is 11.6 Å². The Morgan fingerprint density at radius 1 is 0.944 bits per heavy atom.